The van der Waals surface area contributed by atoms with Crippen LogP contribution in [0.3, 0.4) is 0 Å². The first kappa shape index (κ1) is 15.2. The number of nitrogens with one attached hydrogen (secondary N) is 2. The molecule has 120 valence electrons. The van der Waals surface area contributed by atoms with Crippen LogP contribution in [0, 0.1) is 0 Å². The number of hydrogen-bond donors (Lipinski definition) is 2. The number of carbonyl (C=O) groups excluding carboxylic acids is 1. The topological polar surface area (TPSA) is 69.6 Å². The molecule has 3 heterocycles. The Balaban J connectivity index is 1.78. The predicted molar refractivity (Wildman–Crippen MR) is 76.4 cm³/mol. The number of hydrogen-bond acceptors (Lipinski definition) is 5. The lowest BCUT2D eigenvalue weighted by atomic mass is 10.1. The molecule has 0 saturated heterocycles. The van der Waals surface area contributed by atoms with Crippen molar-refractivity contribution in [1.82, 2.24) is 20.7 Å². The highest BCUT2D eigenvalue weighted by Crippen LogP contribution is 2.29. The molecule has 23 heavy (non-hydrogen) atoms. The zero-order chi connectivity index (χ0) is 16.6. The van der Waals surface area contributed by atoms with Crippen LogP contribution in [0.15, 0.2) is 41.7 Å². The predicted octanol–water partition coefficient (Wildman–Crippen LogP) is 1.65. The van der Waals surface area contributed by atoms with Crippen molar-refractivity contribution in [3.63, 3.8) is 0 Å². The Labute approximate surface area is 129 Å². The number of aromatic nitrogens is 1. The first-order valence-electron chi connectivity index (χ1n) is 6.67. The number of halogens is 3. The molecule has 1 aromatic heterocycles. The number of amides is 1. The fraction of sp³-hybridized carbons (Fsp3) is 0.214. The van der Waals surface area contributed by atoms with Crippen molar-refractivity contribution in [2.45, 2.75) is 19.4 Å². The van der Waals surface area contributed by atoms with E-state index >= 15 is 0 Å². The number of alkyl halides is 3. The van der Waals surface area contributed by atoms with Crippen LogP contribution in [-0.2, 0) is 11.0 Å². The van der Waals surface area contributed by atoms with Gasteiger partial charge in [0.2, 0.25) is 5.91 Å². The Morgan fingerprint density at radius 3 is 2.74 bits per heavy atom. The first-order valence-corrected chi connectivity index (χ1v) is 6.67. The minimum absolute atomic E-state index is 0.230. The lowest BCUT2D eigenvalue weighted by Gasteiger charge is -2.20. The molecule has 1 unspecified atom stereocenters. The van der Waals surface area contributed by atoms with E-state index in [4.69, 9.17) is 0 Å². The number of amidine groups is 1. The molecular formula is C14H12F3N5O. The zero-order valence-electron chi connectivity index (χ0n) is 11.9. The van der Waals surface area contributed by atoms with Gasteiger partial charge in [-0.05, 0) is 18.2 Å². The lowest BCUT2D eigenvalue weighted by Crippen LogP contribution is -2.45. The molecular weight excluding hydrogens is 311 g/mol. The second kappa shape index (κ2) is 5.51. The molecule has 1 amide bonds. The molecule has 9 heteroatoms. The number of nitrogens with zero attached hydrogens (tertiary/aromatic N) is 3. The fourth-order valence-electron chi connectivity index (χ4n) is 2.15. The van der Waals surface area contributed by atoms with Gasteiger partial charge in [-0.15, -0.1) is 0 Å². The number of rotatable bonds is 2. The van der Waals surface area contributed by atoms with Crippen molar-refractivity contribution in [2.24, 2.45) is 4.99 Å². The van der Waals surface area contributed by atoms with Crippen LogP contribution < -0.4 is 10.7 Å². The summed E-state index contributed by atoms with van der Waals surface area (Å²) in [6.45, 7) is 1.38. The van der Waals surface area contributed by atoms with Gasteiger partial charge in [0.15, 0.2) is 6.29 Å². The molecule has 1 aromatic rings. The second-order valence-electron chi connectivity index (χ2n) is 4.94. The first-order chi connectivity index (χ1) is 10.8. The maximum atomic E-state index is 12.5. The van der Waals surface area contributed by atoms with Crippen LogP contribution >= 0.6 is 0 Å². The monoisotopic (exact) mass is 323 g/mol. The third-order valence-electron chi connectivity index (χ3n) is 3.18. The lowest BCUT2D eigenvalue weighted by molar-refractivity contribution is -0.141. The standard InChI is InChI=1S/C14H12F3N5O/c1-8(23)19-13-20-12-5-3-10(7-22(12)21-13)9-2-4-11(18-6-9)14(15,16)17/h2-7,13,21H,1H3,(H,19,23). The van der Waals surface area contributed by atoms with E-state index in [1.165, 1.54) is 19.2 Å². The highest BCUT2D eigenvalue weighted by atomic mass is 19.4. The summed E-state index contributed by atoms with van der Waals surface area (Å²) in [7, 11) is 0. The Bertz CT molecular complexity index is 721. The molecule has 3 rings (SSSR count). The van der Waals surface area contributed by atoms with Gasteiger partial charge in [-0.2, -0.15) is 18.6 Å². The van der Waals surface area contributed by atoms with Gasteiger partial charge >= 0.3 is 6.18 Å². The van der Waals surface area contributed by atoms with Crippen molar-refractivity contribution in [3.8, 4) is 0 Å². The quantitative estimate of drug-likeness (QED) is 0.868. The van der Waals surface area contributed by atoms with Crippen molar-refractivity contribution in [2.75, 3.05) is 0 Å². The highest BCUT2D eigenvalue weighted by molar-refractivity contribution is 6.00. The summed E-state index contributed by atoms with van der Waals surface area (Å²) in [5, 5.41) is 4.19. The zero-order valence-corrected chi connectivity index (χ0v) is 11.9. The number of fused-ring (bicyclic) bond motifs is 1. The summed E-state index contributed by atoms with van der Waals surface area (Å²) in [5.74, 6) is 0.360. The molecule has 0 aromatic carbocycles. The summed E-state index contributed by atoms with van der Waals surface area (Å²) in [6, 6.07) is 2.29. The third-order valence-corrected chi connectivity index (χ3v) is 3.18. The van der Waals surface area contributed by atoms with Crippen LogP contribution in [0.4, 0.5) is 13.2 Å². The van der Waals surface area contributed by atoms with Crippen LogP contribution in [0.25, 0.3) is 5.57 Å². The Kier molecular flexibility index (Phi) is 3.64. The number of allylic oxidation sites excluding steroid dienone is 2. The summed E-state index contributed by atoms with van der Waals surface area (Å²) in [6.07, 6.45) is 1.22. The molecule has 2 aliphatic rings. The Hall–Kier alpha value is -2.68. The van der Waals surface area contributed by atoms with E-state index in [1.54, 1.807) is 23.4 Å². The van der Waals surface area contributed by atoms with Crippen molar-refractivity contribution in [3.05, 3.63) is 47.9 Å². The molecule has 2 aliphatic heterocycles. The molecule has 0 fully saturated rings. The van der Waals surface area contributed by atoms with E-state index in [0.29, 0.717) is 17.0 Å². The number of hydrazine groups is 1. The van der Waals surface area contributed by atoms with Gasteiger partial charge in [0, 0.05) is 30.5 Å². The normalized spacial score (nSPS) is 20.0. The van der Waals surface area contributed by atoms with E-state index in [1.807, 2.05) is 0 Å². The molecule has 0 saturated carbocycles. The smallest absolute Gasteiger partial charge is 0.321 e. The number of carbonyl (C=O) groups is 1. The highest BCUT2D eigenvalue weighted by Gasteiger charge is 2.32. The minimum atomic E-state index is -4.46. The van der Waals surface area contributed by atoms with Gasteiger partial charge in [0.25, 0.3) is 0 Å². The largest absolute Gasteiger partial charge is 0.433 e. The molecule has 2 N–H and O–H groups in total. The SMILES string of the molecule is CC(=O)NC1N=C2C=CC(c3ccc(C(F)(F)F)nc3)=CN2N1. The van der Waals surface area contributed by atoms with Gasteiger partial charge in [-0.3, -0.25) is 14.8 Å². The summed E-state index contributed by atoms with van der Waals surface area (Å²) in [4.78, 5) is 18.7. The van der Waals surface area contributed by atoms with Crippen molar-refractivity contribution < 1.29 is 18.0 Å². The minimum Gasteiger partial charge on any atom is -0.321 e. The average molecular weight is 323 g/mol. The molecule has 0 radical (unpaired) electrons. The van der Waals surface area contributed by atoms with Gasteiger partial charge < -0.3 is 5.32 Å². The van der Waals surface area contributed by atoms with E-state index in [-0.39, 0.29) is 5.91 Å². The fourth-order valence-corrected chi connectivity index (χ4v) is 2.15. The molecule has 1 atom stereocenters. The van der Waals surface area contributed by atoms with E-state index in [0.717, 1.165) is 6.07 Å². The van der Waals surface area contributed by atoms with Crippen molar-refractivity contribution >= 4 is 17.3 Å². The van der Waals surface area contributed by atoms with Gasteiger partial charge in [0.1, 0.15) is 11.5 Å². The third kappa shape index (κ3) is 3.24. The average Bonchev–Trinajstić information content (AvgIpc) is 2.86. The van der Waals surface area contributed by atoms with E-state index in [9.17, 15) is 18.0 Å². The maximum absolute atomic E-state index is 12.5. The Morgan fingerprint density at radius 1 is 1.35 bits per heavy atom. The number of aliphatic imine (C=N–C) groups is 1. The summed E-state index contributed by atoms with van der Waals surface area (Å²) < 4.78 is 37.6. The van der Waals surface area contributed by atoms with Gasteiger partial charge in [-0.1, -0.05) is 6.07 Å². The van der Waals surface area contributed by atoms with E-state index in [2.05, 4.69) is 20.7 Å². The van der Waals surface area contributed by atoms with Crippen molar-refractivity contribution in [1.29, 1.82) is 0 Å². The van der Waals surface area contributed by atoms with Gasteiger partial charge in [0.05, 0.1) is 0 Å². The van der Waals surface area contributed by atoms with Crippen LogP contribution in [0.5, 0.6) is 0 Å². The van der Waals surface area contributed by atoms with Crippen LogP contribution in [0.1, 0.15) is 18.2 Å². The Morgan fingerprint density at radius 2 is 2.13 bits per heavy atom. The van der Waals surface area contributed by atoms with E-state index < -0.39 is 18.2 Å². The summed E-state index contributed by atoms with van der Waals surface area (Å²) >= 11 is 0. The van der Waals surface area contributed by atoms with Crippen LogP contribution in [0.2, 0.25) is 0 Å². The molecule has 0 bridgehead atoms. The molecule has 6 nitrogen and oxygen atoms in total. The molecule has 0 aliphatic carbocycles. The molecule has 0 spiro atoms. The summed E-state index contributed by atoms with van der Waals surface area (Å²) in [5.41, 5.74) is 3.20. The van der Waals surface area contributed by atoms with Gasteiger partial charge in [-0.25, -0.2) is 4.99 Å². The number of pyridine rings is 1. The second-order valence-corrected chi connectivity index (χ2v) is 4.94. The maximum Gasteiger partial charge on any atom is 0.433 e. The van der Waals surface area contributed by atoms with Crippen LogP contribution in [-0.4, -0.2) is 28.0 Å².